The van der Waals surface area contributed by atoms with E-state index in [4.69, 9.17) is 0 Å². The van der Waals surface area contributed by atoms with Crippen LogP contribution in [0.2, 0.25) is 0 Å². The van der Waals surface area contributed by atoms with Crippen molar-refractivity contribution in [1.29, 1.82) is 0 Å². The Labute approximate surface area is 132 Å². The van der Waals surface area contributed by atoms with Crippen LogP contribution in [0.4, 0.5) is 0 Å². The number of hydrogen-bond donors (Lipinski definition) is 1. The van der Waals surface area contributed by atoms with Gasteiger partial charge in [0.2, 0.25) is 5.43 Å². The standard InChI is InChI=1S/C18H16N2O3/c1-3-20-10-15(18(22)23)17(21)14-5-4-12(8-16(14)20)13-6-7-19-9-11(13)2/h4-10H,3H2,1-2H3,(H,22,23). The smallest absolute Gasteiger partial charge is 0.341 e. The summed E-state index contributed by atoms with van der Waals surface area (Å²) in [5.74, 6) is -1.20. The summed E-state index contributed by atoms with van der Waals surface area (Å²) in [5.41, 5.74) is 3.14. The highest BCUT2D eigenvalue weighted by atomic mass is 16.4. The van der Waals surface area contributed by atoms with Crippen molar-refractivity contribution in [3.63, 3.8) is 0 Å². The number of rotatable bonds is 3. The Morgan fingerprint density at radius 3 is 2.74 bits per heavy atom. The fourth-order valence-corrected chi connectivity index (χ4v) is 2.77. The molecule has 0 radical (unpaired) electrons. The summed E-state index contributed by atoms with van der Waals surface area (Å²) in [6, 6.07) is 7.40. The van der Waals surface area contributed by atoms with Crippen molar-refractivity contribution in [1.82, 2.24) is 9.55 Å². The number of hydrogen-bond acceptors (Lipinski definition) is 3. The molecule has 2 heterocycles. The lowest BCUT2D eigenvalue weighted by Gasteiger charge is -2.12. The van der Waals surface area contributed by atoms with Crippen molar-refractivity contribution in [3.05, 3.63) is 64.2 Å². The second kappa shape index (κ2) is 5.68. The zero-order chi connectivity index (χ0) is 16.6. The highest BCUT2D eigenvalue weighted by Crippen LogP contribution is 2.25. The molecule has 0 saturated heterocycles. The number of aromatic nitrogens is 2. The third-order valence-corrected chi connectivity index (χ3v) is 3.98. The van der Waals surface area contributed by atoms with Gasteiger partial charge >= 0.3 is 5.97 Å². The first-order valence-corrected chi connectivity index (χ1v) is 7.34. The lowest BCUT2D eigenvalue weighted by atomic mass is 10.0. The van der Waals surface area contributed by atoms with E-state index in [1.165, 1.54) is 6.20 Å². The van der Waals surface area contributed by atoms with E-state index in [-0.39, 0.29) is 5.56 Å². The number of pyridine rings is 2. The largest absolute Gasteiger partial charge is 0.477 e. The Balaban J connectivity index is 2.33. The number of carbonyl (C=O) groups is 1. The van der Waals surface area contributed by atoms with Gasteiger partial charge in [-0.1, -0.05) is 6.07 Å². The molecule has 0 aliphatic heterocycles. The molecule has 0 aliphatic carbocycles. The third-order valence-electron chi connectivity index (χ3n) is 3.98. The molecule has 0 fully saturated rings. The first kappa shape index (κ1) is 15.0. The van der Waals surface area contributed by atoms with E-state index in [1.54, 1.807) is 23.0 Å². The maximum absolute atomic E-state index is 12.3. The number of aryl methyl sites for hydroxylation is 2. The van der Waals surface area contributed by atoms with E-state index in [1.807, 2.05) is 32.0 Å². The van der Waals surface area contributed by atoms with Gasteiger partial charge in [-0.3, -0.25) is 9.78 Å². The minimum Gasteiger partial charge on any atom is -0.477 e. The van der Waals surface area contributed by atoms with Gasteiger partial charge in [0, 0.05) is 30.5 Å². The predicted octanol–water partition coefficient (Wildman–Crippen LogP) is 3.09. The van der Waals surface area contributed by atoms with E-state index < -0.39 is 11.4 Å². The molecule has 0 aliphatic rings. The topological polar surface area (TPSA) is 72.2 Å². The Hall–Kier alpha value is -2.95. The molecule has 5 nitrogen and oxygen atoms in total. The summed E-state index contributed by atoms with van der Waals surface area (Å²) in [4.78, 5) is 27.7. The van der Waals surface area contributed by atoms with Crippen LogP contribution in [0.15, 0.2) is 47.7 Å². The number of aromatic carboxylic acids is 1. The predicted molar refractivity (Wildman–Crippen MR) is 88.8 cm³/mol. The van der Waals surface area contributed by atoms with Crippen LogP contribution in [0, 0.1) is 6.92 Å². The molecule has 0 spiro atoms. The molecule has 1 aromatic carbocycles. The monoisotopic (exact) mass is 308 g/mol. The minimum absolute atomic E-state index is 0.202. The van der Waals surface area contributed by atoms with Crippen molar-refractivity contribution < 1.29 is 9.90 Å². The highest BCUT2D eigenvalue weighted by Gasteiger charge is 2.14. The van der Waals surface area contributed by atoms with Crippen LogP contribution in [0.25, 0.3) is 22.0 Å². The van der Waals surface area contributed by atoms with Crippen molar-refractivity contribution in [2.75, 3.05) is 0 Å². The van der Waals surface area contributed by atoms with Crippen LogP contribution in [0.3, 0.4) is 0 Å². The van der Waals surface area contributed by atoms with Gasteiger partial charge in [-0.25, -0.2) is 4.79 Å². The maximum Gasteiger partial charge on any atom is 0.341 e. The second-order valence-corrected chi connectivity index (χ2v) is 5.39. The van der Waals surface area contributed by atoms with E-state index in [0.29, 0.717) is 11.9 Å². The molecular formula is C18H16N2O3. The quantitative estimate of drug-likeness (QED) is 0.807. The molecule has 23 heavy (non-hydrogen) atoms. The van der Waals surface area contributed by atoms with Crippen LogP contribution >= 0.6 is 0 Å². The van der Waals surface area contributed by atoms with Crippen LogP contribution in [-0.4, -0.2) is 20.6 Å². The third kappa shape index (κ3) is 2.50. The summed E-state index contributed by atoms with van der Waals surface area (Å²) >= 11 is 0. The Bertz CT molecular complexity index is 974. The fourth-order valence-electron chi connectivity index (χ4n) is 2.77. The number of carboxylic acid groups (broad SMARTS) is 1. The lowest BCUT2D eigenvalue weighted by Crippen LogP contribution is -2.18. The lowest BCUT2D eigenvalue weighted by molar-refractivity contribution is 0.0695. The molecule has 0 unspecified atom stereocenters. The molecule has 0 atom stereocenters. The summed E-state index contributed by atoms with van der Waals surface area (Å²) in [7, 11) is 0. The van der Waals surface area contributed by atoms with Gasteiger partial charge in [-0.05, 0) is 48.7 Å². The van der Waals surface area contributed by atoms with E-state index in [2.05, 4.69) is 4.98 Å². The summed E-state index contributed by atoms with van der Waals surface area (Å²) in [6.45, 7) is 4.47. The number of carboxylic acids is 1. The van der Waals surface area contributed by atoms with Gasteiger partial charge in [-0.2, -0.15) is 0 Å². The van der Waals surface area contributed by atoms with Gasteiger partial charge in [0.1, 0.15) is 5.56 Å². The maximum atomic E-state index is 12.3. The minimum atomic E-state index is -1.20. The second-order valence-electron chi connectivity index (χ2n) is 5.39. The average molecular weight is 308 g/mol. The van der Waals surface area contributed by atoms with Crippen molar-refractivity contribution in [3.8, 4) is 11.1 Å². The first-order chi connectivity index (χ1) is 11.0. The van der Waals surface area contributed by atoms with Crippen molar-refractivity contribution in [2.24, 2.45) is 0 Å². The number of nitrogens with zero attached hydrogens (tertiary/aromatic N) is 2. The normalized spacial score (nSPS) is 10.9. The molecular weight excluding hydrogens is 292 g/mol. The number of benzene rings is 1. The highest BCUT2D eigenvalue weighted by molar-refractivity contribution is 5.93. The van der Waals surface area contributed by atoms with E-state index in [9.17, 15) is 14.7 Å². The molecule has 3 aromatic rings. The summed E-state index contributed by atoms with van der Waals surface area (Å²) in [5, 5.41) is 9.61. The Kier molecular flexibility index (Phi) is 3.70. The fraction of sp³-hybridized carbons (Fsp3) is 0.167. The summed E-state index contributed by atoms with van der Waals surface area (Å²) < 4.78 is 1.79. The van der Waals surface area contributed by atoms with E-state index in [0.717, 1.165) is 22.2 Å². The van der Waals surface area contributed by atoms with Crippen LogP contribution in [-0.2, 0) is 6.54 Å². The van der Waals surface area contributed by atoms with Crippen LogP contribution < -0.4 is 5.43 Å². The van der Waals surface area contributed by atoms with Gasteiger partial charge in [-0.15, -0.1) is 0 Å². The zero-order valence-corrected chi connectivity index (χ0v) is 12.9. The first-order valence-electron chi connectivity index (χ1n) is 7.34. The summed E-state index contributed by atoms with van der Waals surface area (Å²) in [6.07, 6.45) is 4.93. The van der Waals surface area contributed by atoms with Crippen LogP contribution in [0.5, 0.6) is 0 Å². The van der Waals surface area contributed by atoms with Gasteiger partial charge in [0.15, 0.2) is 0 Å². The van der Waals surface area contributed by atoms with Gasteiger partial charge in [0.25, 0.3) is 0 Å². The Morgan fingerprint density at radius 1 is 1.30 bits per heavy atom. The zero-order valence-electron chi connectivity index (χ0n) is 12.9. The molecule has 3 rings (SSSR count). The van der Waals surface area contributed by atoms with E-state index >= 15 is 0 Å². The SMILES string of the molecule is CCn1cc(C(=O)O)c(=O)c2ccc(-c3ccncc3C)cc21. The average Bonchev–Trinajstić information content (AvgIpc) is 2.55. The molecule has 1 N–H and O–H groups in total. The van der Waals surface area contributed by atoms with Crippen molar-refractivity contribution >= 4 is 16.9 Å². The molecule has 0 bridgehead atoms. The van der Waals surface area contributed by atoms with Gasteiger partial charge < -0.3 is 9.67 Å². The molecule has 0 amide bonds. The van der Waals surface area contributed by atoms with Crippen LogP contribution in [0.1, 0.15) is 22.8 Å². The molecule has 116 valence electrons. The number of fused-ring (bicyclic) bond motifs is 1. The molecule has 5 heteroatoms. The molecule has 2 aromatic heterocycles. The molecule has 0 saturated carbocycles. The Morgan fingerprint density at radius 2 is 2.09 bits per heavy atom. The van der Waals surface area contributed by atoms with Crippen molar-refractivity contribution in [2.45, 2.75) is 20.4 Å². The van der Waals surface area contributed by atoms with Gasteiger partial charge in [0.05, 0.1) is 5.52 Å².